The second-order valence-electron chi connectivity index (χ2n) is 28.1. The predicted octanol–water partition coefficient (Wildman–Crippen LogP) is 27.0. The van der Waals surface area contributed by atoms with Gasteiger partial charge in [-0.05, 0) is 83.5 Å². The van der Waals surface area contributed by atoms with Crippen LogP contribution in [0.3, 0.4) is 0 Å². The smallest absolute Gasteiger partial charge is 0.305 e. The molecule has 0 aliphatic carbocycles. The topological polar surface area (TPSA) is 95.9 Å². The van der Waals surface area contributed by atoms with Crippen molar-refractivity contribution < 1.29 is 24.5 Å². The fourth-order valence-electron chi connectivity index (χ4n) is 13.0. The van der Waals surface area contributed by atoms with E-state index in [0.29, 0.717) is 25.9 Å². The molecule has 1 amide bonds. The van der Waals surface area contributed by atoms with E-state index in [-0.39, 0.29) is 18.5 Å². The van der Waals surface area contributed by atoms with Crippen molar-refractivity contribution in [2.75, 3.05) is 13.2 Å². The van der Waals surface area contributed by atoms with Gasteiger partial charge in [-0.15, -0.1) is 0 Å². The molecular formula is C83H159NO5. The van der Waals surface area contributed by atoms with Gasteiger partial charge in [-0.2, -0.15) is 0 Å². The van der Waals surface area contributed by atoms with E-state index < -0.39 is 12.1 Å². The average molecular weight is 1250 g/mol. The highest BCUT2D eigenvalue weighted by Crippen LogP contribution is 2.20. The molecule has 0 aromatic heterocycles. The van der Waals surface area contributed by atoms with Gasteiger partial charge in [0, 0.05) is 12.8 Å². The second-order valence-corrected chi connectivity index (χ2v) is 28.1. The number of rotatable bonds is 77. The highest BCUT2D eigenvalue weighted by Gasteiger charge is 2.20. The van der Waals surface area contributed by atoms with Crippen molar-refractivity contribution in [3.63, 3.8) is 0 Å². The van der Waals surface area contributed by atoms with Gasteiger partial charge in [-0.25, -0.2) is 0 Å². The minimum atomic E-state index is -0.664. The third-order valence-corrected chi connectivity index (χ3v) is 19.2. The monoisotopic (exact) mass is 1250 g/mol. The third kappa shape index (κ3) is 75.0. The summed E-state index contributed by atoms with van der Waals surface area (Å²) in [4.78, 5) is 24.7. The molecule has 0 aliphatic heterocycles. The first-order valence-corrected chi connectivity index (χ1v) is 40.7. The molecule has 526 valence electrons. The van der Waals surface area contributed by atoms with E-state index in [9.17, 15) is 19.8 Å². The van der Waals surface area contributed by atoms with Crippen molar-refractivity contribution >= 4 is 11.9 Å². The maximum atomic E-state index is 12.6. The van der Waals surface area contributed by atoms with Crippen LogP contribution in [0.5, 0.6) is 0 Å². The summed E-state index contributed by atoms with van der Waals surface area (Å²) >= 11 is 0. The van der Waals surface area contributed by atoms with Gasteiger partial charge in [0.25, 0.3) is 0 Å². The lowest BCUT2D eigenvalue weighted by Gasteiger charge is -2.22. The van der Waals surface area contributed by atoms with E-state index in [4.69, 9.17) is 4.74 Å². The van der Waals surface area contributed by atoms with Gasteiger partial charge in [0.1, 0.15) is 0 Å². The molecule has 89 heavy (non-hydrogen) atoms. The molecule has 2 unspecified atom stereocenters. The van der Waals surface area contributed by atoms with Crippen LogP contribution in [0.4, 0.5) is 0 Å². The Morgan fingerprint density at radius 1 is 0.315 bits per heavy atom. The molecular weight excluding hydrogens is 1090 g/mol. The Kier molecular flexibility index (Phi) is 76.8. The Balaban J connectivity index is 3.35. The molecule has 3 N–H and O–H groups in total. The highest BCUT2D eigenvalue weighted by molar-refractivity contribution is 5.76. The Hall–Kier alpha value is -1.92. The molecule has 0 aromatic carbocycles. The molecule has 2 atom stereocenters. The lowest BCUT2D eigenvalue weighted by Crippen LogP contribution is -2.45. The van der Waals surface area contributed by atoms with Crippen LogP contribution in [-0.2, 0) is 14.3 Å². The summed E-state index contributed by atoms with van der Waals surface area (Å²) in [5.41, 5.74) is 0. The van der Waals surface area contributed by atoms with Crippen molar-refractivity contribution in [1.29, 1.82) is 0 Å². The lowest BCUT2D eigenvalue weighted by atomic mass is 10.0. The molecule has 0 heterocycles. The van der Waals surface area contributed by atoms with Gasteiger partial charge >= 0.3 is 5.97 Å². The summed E-state index contributed by atoms with van der Waals surface area (Å²) in [6, 6.07) is -0.541. The van der Waals surface area contributed by atoms with E-state index >= 15 is 0 Å². The number of ether oxygens (including phenoxy) is 1. The van der Waals surface area contributed by atoms with Crippen LogP contribution in [0, 0.1) is 0 Å². The van der Waals surface area contributed by atoms with Gasteiger partial charge < -0.3 is 20.3 Å². The molecule has 6 heteroatoms. The van der Waals surface area contributed by atoms with Gasteiger partial charge in [0.05, 0.1) is 25.4 Å². The zero-order valence-corrected chi connectivity index (χ0v) is 60.4. The van der Waals surface area contributed by atoms with E-state index in [1.807, 2.05) is 0 Å². The van der Waals surface area contributed by atoms with Crippen molar-refractivity contribution in [3.05, 3.63) is 36.5 Å². The van der Waals surface area contributed by atoms with E-state index in [2.05, 4.69) is 55.6 Å². The molecule has 0 bridgehead atoms. The quantitative estimate of drug-likeness (QED) is 0.0320. The van der Waals surface area contributed by atoms with Gasteiger partial charge in [-0.3, -0.25) is 9.59 Å². The van der Waals surface area contributed by atoms with Crippen molar-refractivity contribution in [3.8, 4) is 0 Å². The van der Waals surface area contributed by atoms with Crippen LogP contribution < -0.4 is 5.32 Å². The van der Waals surface area contributed by atoms with Crippen molar-refractivity contribution in [2.24, 2.45) is 0 Å². The first-order chi connectivity index (χ1) is 44.0. The Bertz CT molecular complexity index is 1440. The molecule has 0 saturated heterocycles. The third-order valence-electron chi connectivity index (χ3n) is 19.2. The Morgan fingerprint density at radius 3 is 0.876 bits per heavy atom. The summed E-state index contributed by atoms with van der Waals surface area (Å²) in [6.07, 6.45) is 102. The normalized spacial score (nSPS) is 12.6. The SMILES string of the molecule is CCCCCC/C=C\C/C=C\CCCCCCCCCC(=O)OCCCCCCCCCCCCCC/C=C\CCCCCCCCCCCCCCCCCCC(=O)NC(CO)C(O)CCCCCCCCCCCCCCCCCCCCCCCC. The number of nitrogens with one attached hydrogen (secondary N) is 1. The fraction of sp³-hybridized carbons (Fsp3) is 0.904. The molecule has 0 spiro atoms. The van der Waals surface area contributed by atoms with Crippen molar-refractivity contribution in [1.82, 2.24) is 5.32 Å². The molecule has 0 radical (unpaired) electrons. The van der Waals surface area contributed by atoms with Crippen LogP contribution in [0.25, 0.3) is 0 Å². The number of hydrogen-bond donors (Lipinski definition) is 3. The number of aliphatic hydroxyl groups excluding tert-OH is 2. The Morgan fingerprint density at radius 2 is 0.562 bits per heavy atom. The average Bonchev–Trinajstić information content (AvgIpc) is 3.54. The number of allylic oxidation sites excluding steroid dienone is 6. The lowest BCUT2D eigenvalue weighted by molar-refractivity contribution is -0.143. The number of hydrogen-bond acceptors (Lipinski definition) is 5. The summed E-state index contributed by atoms with van der Waals surface area (Å²) in [5, 5.41) is 23.5. The maximum Gasteiger partial charge on any atom is 0.305 e. The first kappa shape index (κ1) is 87.1. The van der Waals surface area contributed by atoms with Crippen LogP contribution in [-0.4, -0.2) is 47.4 Å². The molecule has 0 aromatic rings. The molecule has 0 fully saturated rings. The summed E-state index contributed by atoms with van der Waals surface area (Å²) in [5.74, 6) is -0.0154. The van der Waals surface area contributed by atoms with E-state index in [0.717, 1.165) is 51.4 Å². The minimum absolute atomic E-state index is 0.0117. The van der Waals surface area contributed by atoms with Crippen LogP contribution in [0.15, 0.2) is 36.5 Å². The van der Waals surface area contributed by atoms with E-state index in [1.54, 1.807) is 0 Å². The molecule has 0 rings (SSSR count). The zero-order chi connectivity index (χ0) is 64.2. The zero-order valence-electron chi connectivity index (χ0n) is 60.4. The van der Waals surface area contributed by atoms with E-state index in [1.165, 1.54) is 372 Å². The number of aliphatic hydroxyl groups is 2. The van der Waals surface area contributed by atoms with Gasteiger partial charge in [0.15, 0.2) is 0 Å². The Labute approximate surface area is 557 Å². The number of amides is 1. The number of carbonyl (C=O) groups is 2. The molecule has 0 saturated carbocycles. The minimum Gasteiger partial charge on any atom is -0.466 e. The standard InChI is InChI=1S/C83H159NO5/c1-3-5-7-9-11-13-15-17-19-21-23-24-37-40-43-47-51-55-59-63-67-71-75-81(86)80(79-85)84-82(87)76-72-68-64-60-56-52-48-44-41-38-35-33-31-29-27-25-26-28-30-32-34-36-39-42-46-50-54-58-62-66-70-74-78-89-83(88)77-73-69-65-61-57-53-49-45-22-20-18-16-14-12-10-8-6-4-2/h14,16,20,22,28,30,80-81,85-86H,3-13,15,17-19,21,23-27,29,31-79H2,1-2H3,(H,84,87)/b16-14-,22-20-,30-28-. The predicted molar refractivity (Wildman–Crippen MR) is 393 cm³/mol. The van der Waals surface area contributed by atoms with Crippen LogP contribution in [0.1, 0.15) is 457 Å². The number of unbranched alkanes of at least 4 members (excludes halogenated alkanes) is 60. The van der Waals surface area contributed by atoms with Gasteiger partial charge in [0.2, 0.25) is 5.91 Å². The second kappa shape index (κ2) is 78.5. The molecule has 0 aliphatic rings. The van der Waals surface area contributed by atoms with Crippen LogP contribution >= 0.6 is 0 Å². The largest absolute Gasteiger partial charge is 0.466 e. The number of esters is 1. The number of carbonyl (C=O) groups excluding carboxylic acids is 2. The first-order valence-electron chi connectivity index (χ1n) is 40.7. The van der Waals surface area contributed by atoms with Gasteiger partial charge in [-0.1, -0.05) is 397 Å². The van der Waals surface area contributed by atoms with Crippen molar-refractivity contribution in [2.45, 2.75) is 469 Å². The summed E-state index contributed by atoms with van der Waals surface area (Å²) in [7, 11) is 0. The fourth-order valence-corrected chi connectivity index (χ4v) is 13.0. The molecule has 6 nitrogen and oxygen atoms in total. The maximum absolute atomic E-state index is 12.6. The summed E-state index contributed by atoms with van der Waals surface area (Å²) < 4.78 is 5.51. The highest BCUT2D eigenvalue weighted by atomic mass is 16.5. The van der Waals surface area contributed by atoms with Crippen LogP contribution in [0.2, 0.25) is 0 Å². The summed E-state index contributed by atoms with van der Waals surface area (Å²) in [6.45, 7) is 4.98.